The summed E-state index contributed by atoms with van der Waals surface area (Å²) < 4.78 is 12.5. The topological polar surface area (TPSA) is 60.3 Å². The smallest absolute Gasteiger partial charge is 0.164 e. The first-order valence-corrected chi connectivity index (χ1v) is 11.5. The predicted octanol–water partition coefficient (Wildman–Crippen LogP) is 5.89. The molecule has 0 spiro atoms. The molecule has 4 heteroatoms. The Bertz CT molecular complexity index is 1100. The Morgan fingerprint density at radius 3 is 2.44 bits per heavy atom. The average Bonchev–Trinajstić information content (AvgIpc) is 3.24. The number of nitrogens with one attached hydrogen (secondary N) is 1. The largest absolute Gasteiger partial charge is 0.490 e. The maximum atomic E-state index is 6.38. The number of aromatic nitrogens is 1. The highest BCUT2D eigenvalue weighted by Gasteiger charge is 2.13. The monoisotopic (exact) mass is 428 g/mol. The lowest BCUT2D eigenvalue weighted by atomic mass is 10.0. The molecule has 3 aromatic carbocycles. The number of rotatable bonds is 12. The molecule has 0 amide bonds. The second-order valence-electron chi connectivity index (χ2n) is 8.06. The van der Waals surface area contributed by atoms with Crippen molar-refractivity contribution < 1.29 is 9.47 Å². The van der Waals surface area contributed by atoms with Crippen LogP contribution in [0.5, 0.6) is 11.5 Å². The number of aromatic amines is 1. The molecular formula is C28H32N2O2. The highest BCUT2D eigenvalue weighted by molar-refractivity contribution is 5.83. The Kier molecular flexibility index (Phi) is 7.83. The van der Waals surface area contributed by atoms with E-state index in [2.05, 4.69) is 71.8 Å². The normalized spacial score (nSPS) is 11.0. The third kappa shape index (κ3) is 5.71. The van der Waals surface area contributed by atoms with Crippen LogP contribution in [-0.2, 0) is 12.8 Å². The van der Waals surface area contributed by atoms with Crippen LogP contribution in [-0.4, -0.2) is 24.7 Å². The summed E-state index contributed by atoms with van der Waals surface area (Å²) in [4.78, 5) is 3.35. The number of para-hydroxylation sites is 2. The van der Waals surface area contributed by atoms with Gasteiger partial charge < -0.3 is 20.2 Å². The average molecular weight is 429 g/mol. The maximum Gasteiger partial charge on any atom is 0.164 e. The number of unbranched alkanes of at least 4 members (excludes halogenated alkanes) is 2. The second kappa shape index (κ2) is 11.4. The van der Waals surface area contributed by atoms with E-state index in [4.69, 9.17) is 15.2 Å². The summed E-state index contributed by atoms with van der Waals surface area (Å²) >= 11 is 0. The Balaban J connectivity index is 1.48. The van der Waals surface area contributed by atoms with E-state index >= 15 is 0 Å². The standard InChI is InChI=1S/C28H32N2O2/c29-17-7-2-8-18-31-27-15-9-12-23(20-22-10-3-1-4-11-22)28(27)32-19-16-24-21-30-26-14-6-5-13-25(24)26/h1,3-6,9-15,21,30H,2,7-8,16-20,29H2. The van der Waals surface area contributed by atoms with Gasteiger partial charge in [-0.1, -0.05) is 60.7 Å². The molecule has 1 heterocycles. The first-order valence-electron chi connectivity index (χ1n) is 11.5. The zero-order valence-corrected chi connectivity index (χ0v) is 18.6. The lowest BCUT2D eigenvalue weighted by Gasteiger charge is -2.17. The molecule has 4 nitrogen and oxygen atoms in total. The van der Waals surface area contributed by atoms with E-state index in [1.54, 1.807) is 0 Å². The lowest BCUT2D eigenvalue weighted by molar-refractivity contribution is 0.263. The third-order valence-corrected chi connectivity index (χ3v) is 5.70. The zero-order valence-electron chi connectivity index (χ0n) is 18.6. The van der Waals surface area contributed by atoms with E-state index < -0.39 is 0 Å². The number of H-pyrrole nitrogens is 1. The fraction of sp³-hybridized carbons (Fsp3) is 0.286. The molecule has 0 atom stereocenters. The highest BCUT2D eigenvalue weighted by atomic mass is 16.5. The molecule has 0 aliphatic rings. The van der Waals surface area contributed by atoms with Crippen LogP contribution in [0.15, 0.2) is 79.0 Å². The molecule has 0 unspecified atom stereocenters. The molecule has 3 N–H and O–H groups in total. The van der Waals surface area contributed by atoms with Crippen molar-refractivity contribution in [3.05, 3.63) is 95.7 Å². The van der Waals surface area contributed by atoms with Gasteiger partial charge in [-0.25, -0.2) is 0 Å². The molecule has 4 rings (SSSR count). The second-order valence-corrected chi connectivity index (χ2v) is 8.06. The molecular weight excluding hydrogens is 396 g/mol. The van der Waals surface area contributed by atoms with Gasteiger partial charge in [0.05, 0.1) is 13.2 Å². The fourth-order valence-corrected chi connectivity index (χ4v) is 4.00. The van der Waals surface area contributed by atoms with Gasteiger partial charge in [-0.15, -0.1) is 0 Å². The quantitative estimate of drug-likeness (QED) is 0.277. The number of fused-ring (bicyclic) bond motifs is 1. The van der Waals surface area contributed by atoms with Crippen LogP contribution in [0.3, 0.4) is 0 Å². The summed E-state index contributed by atoms with van der Waals surface area (Å²) in [6.45, 7) is 2.00. The van der Waals surface area contributed by atoms with E-state index in [1.165, 1.54) is 16.5 Å². The van der Waals surface area contributed by atoms with Gasteiger partial charge in [-0.05, 0) is 49.1 Å². The minimum Gasteiger partial charge on any atom is -0.490 e. The number of ether oxygens (including phenoxy) is 2. The first kappa shape index (κ1) is 22.0. The molecule has 0 aliphatic heterocycles. The van der Waals surface area contributed by atoms with Crippen LogP contribution in [0.4, 0.5) is 0 Å². The summed E-state index contributed by atoms with van der Waals surface area (Å²) in [5.74, 6) is 1.68. The van der Waals surface area contributed by atoms with E-state index in [-0.39, 0.29) is 0 Å². The van der Waals surface area contributed by atoms with Crippen molar-refractivity contribution in [3.8, 4) is 11.5 Å². The van der Waals surface area contributed by atoms with Crippen LogP contribution >= 0.6 is 0 Å². The molecule has 166 valence electrons. The van der Waals surface area contributed by atoms with E-state index in [0.717, 1.165) is 61.2 Å². The van der Waals surface area contributed by atoms with Crippen molar-refractivity contribution in [2.45, 2.75) is 32.1 Å². The van der Waals surface area contributed by atoms with Gasteiger partial charge in [0.15, 0.2) is 11.5 Å². The van der Waals surface area contributed by atoms with Crippen LogP contribution in [0.1, 0.15) is 36.0 Å². The number of benzene rings is 3. The Labute approximate surface area is 190 Å². The number of nitrogens with two attached hydrogens (primary N) is 1. The SMILES string of the molecule is NCCCCCOc1cccc(Cc2ccccc2)c1OCCc1c[nH]c2ccccc12. The van der Waals surface area contributed by atoms with Gasteiger partial charge in [-0.3, -0.25) is 0 Å². The molecule has 0 aliphatic carbocycles. The highest BCUT2D eigenvalue weighted by Crippen LogP contribution is 2.33. The molecule has 0 saturated carbocycles. The summed E-state index contributed by atoms with van der Waals surface area (Å²) in [5.41, 5.74) is 10.4. The molecule has 0 radical (unpaired) electrons. The van der Waals surface area contributed by atoms with Gasteiger partial charge in [-0.2, -0.15) is 0 Å². The Morgan fingerprint density at radius 2 is 1.56 bits per heavy atom. The predicted molar refractivity (Wildman–Crippen MR) is 132 cm³/mol. The fourth-order valence-electron chi connectivity index (χ4n) is 4.00. The minimum atomic E-state index is 0.594. The summed E-state index contributed by atoms with van der Waals surface area (Å²) in [7, 11) is 0. The summed E-state index contributed by atoms with van der Waals surface area (Å²) in [6, 6.07) is 25.1. The van der Waals surface area contributed by atoms with E-state index in [1.807, 2.05) is 12.1 Å². The van der Waals surface area contributed by atoms with Crippen LogP contribution in [0.2, 0.25) is 0 Å². The number of hydrogen-bond donors (Lipinski definition) is 2. The van der Waals surface area contributed by atoms with Crippen molar-refractivity contribution in [1.82, 2.24) is 4.98 Å². The van der Waals surface area contributed by atoms with Crippen molar-refractivity contribution in [1.29, 1.82) is 0 Å². The molecule has 1 aromatic heterocycles. The Hall–Kier alpha value is -3.24. The van der Waals surface area contributed by atoms with Gasteiger partial charge in [0.25, 0.3) is 0 Å². The third-order valence-electron chi connectivity index (χ3n) is 5.70. The Morgan fingerprint density at radius 1 is 0.719 bits per heavy atom. The van der Waals surface area contributed by atoms with Crippen molar-refractivity contribution in [3.63, 3.8) is 0 Å². The molecule has 0 fully saturated rings. The van der Waals surface area contributed by atoms with Gasteiger partial charge in [0.2, 0.25) is 0 Å². The van der Waals surface area contributed by atoms with Gasteiger partial charge in [0, 0.05) is 35.5 Å². The summed E-state index contributed by atoms with van der Waals surface area (Å²) in [5, 5.41) is 1.25. The van der Waals surface area contributed by atoms with Crippen LogP contribution in [0.25, 0.3) is 10.9 Å². The summed E-state index contributed by atoms with van der Waals surface area (Å²) in [6.07, 6.45) is 6.84. The van der Waals surface area contributed by atoms with Gasteiger partial charge in [0.1, 0.15) is 0 Å². The van der Waals surface area contributed by atoms with Crippen LogP contribution in [0, 0.1) is 0 Å². The van der Waals surface area contributed by atoms with Crippen molar-refractivity contribution >= 4 is 10.9 Å². The number of hydrogen-bond acceptors (Lipinski definition) is 3. The molecule has 0 saturated heterocycles. The first-order chi connectivity index (χ1) is 15.8. The zero-order chi connectivity index (χ0) is 22.0. The molecule has 0 bridgehead atoms. The maximum absolute atomic E-state index is 6.38. The molecule has 4 aromatic rings. The minimum absolute atomic E-state index is 0.594. The lowest BCUT2D eigenvalue weighted by Crippen LogP contribution is -2.07. The molecule has 32 heavy (non-hydrogen) atoms. The van der Waals surface area contributed by atoms with Gasteiger partial charge >= 0.3 is 0 Å². The van der Waals surface area contributed by atoms with Crippen molar-refractivity contribution in [2.75, 3.05) is 19.8 Å². The van der Waals surface area contributed by atoms with E-state index in [0.29, 0.717) is 13.2 Å². The van der Waals surface area contributed by atoms with Crippen LogP contribution < -0.4 is 15.2 Å². The van der Waals surface area contributed by atoms with Crippen molar-refractivity contribution in [2.24, 2.45) is 5.73 Å². The van der Waals surface area contributed by atoms with E-state index in [9.17, 15) is 0 Å².